The summed E-state index contributed by atoms with van der Waals surface area (Å²) in [4.78, 5) is 14.4. The fraction of sp³-hybridized carbons (Fsp3) is 0.350. The van der Waals surface area contributed by atoms with Crippen LogP contribution in [0, 0.1) is 0 Å². The minimum absolute atomic E-state index is 0.0419. The van der Waals surface area contributed by atoms with Crippen LogP contribution in [0.3, 0.4) is 0 Å². The van der Waals surface area contributed by atoms with Crippen molar-refractivity contribution in [3.05, 3.63) is 71.8 Å². The number of amides is 1. The van der Waals surface area contributed by atoms with Crippen molar-refractivity contribution in [3.8, 4) is 0 Å². The Morgan fingerprint density at radius 2 is 1.68 bits per heavy atom. The molecule has 0 aliphatic carbocycles. The van der Waals surface area contributed by atoms with Gasteiger partial charge in [-0.15, -0.1) is 0 Å². The normalized spacial score (nSPS) is 23.0. The first-order valence-electron chi connectivity index (χ1n) is 8.52. The van der Waals surface area contributed by atoms with Crippen LogP contribution >= 0.6 is 0 Å². The van der Waals surface area contributed by atoms with E-state index in [0.29, 0.717) is 13.2 Å². The number of aliphatic hydroxyl groups is 1. The van der Waals surface area contributed by atoms with Crippen molar-refractivity contribution in [1.29, 1.82) is 0 Å². The van der Waals surface area contributed by atoms with E-state index in [-0.39, 0.29) is 24.7 Å². The summed E-state index contributed by atoms with van der Waals surface area (Å²) in [5.74, 6) is -0.0845. The molecule has 0 spiro atoms. The molecule has 3 rings (SSSR count). The third-order valence-corrected chi connectivity index (χ3v) is 4.67. The zero-order valence-corrected chi connectivity index (χ0v) is 14.3. The van der Waals surface area contributed by atoms with E-state index in [9.17, 15) is 9.90 Å². The Balaban J connectivity index is 1.71. The van der Waals surface area contributed by atoms with Crippen LogP contribution in [0.25, 0.3) is 0 Å². The molecule has 1 heterocycles. The van der Waals surface area contributed by atoms with Gasteiger partial charge >= 0.3 is 0 Å². The number of likely N-dealkylation sites (N-methyl/N-ethyl adjacent to an activating group) is 1. The Bertz CT molecular complexity index is 678. The summed E-state index contributed by atoms with van der Waals surface area (Å²) >= 11 is 0. The Labute approximate surface area is 148 Å². The van der Waals surface area contributed by atoms with E-state index >= 15 is 0 Å². The zero-order valence-electron chi connectivity index (χ0n) is 14.3. The van der Waals surface area contributed by atoms with E-state index < -0.39 is 6.04 Å². The van der Waals surface area contributed by atoms with E-state index in [0.717, 1.165) is 11.1 Å². The molecule has 2 aromatic rings. The lowest BCUT2D eigenvalue weighted by Crippen LogP contribution is -2.73. The summed E-state index contributed by atoms with van der Waals surface area (Å²) in [6.07, 6.45) is -0.325. The fourth-order valence-corrected chi connectivity index (χ4v) is 3.33. The van der Waals surface area contributed by atoms with Gasteiger partial charge in [-0.2, -0.15) is 0 Å². The first kappa shape index (κ1) is 17.6. The Hall–Kier alpha value is -2.21. The number of nitrogens with one attached hydrogen (secondary N) is 1. The number of carbonyl (C=O) groups is 1. The Morgan fingerprint density at radius 1 is 1.08 bits per heavy atom. The predicted molar refractivity (Wildman–Crippen MR) is 95.7 cm³/mol. The van der Waals surface area contributed by atoms with Gasteiger partial charge in [-0.1, -0.05) is 60.7 Å². The maximum atomic E-state index is 12.4. The predicted octanol–water partition coefficient (Wildman–Crippen LogP) is 1.56. The van der Waals surface area contributed by atoms with Gasteiger partial charge in [0.25, 0.3) is 0 Å². The highest BCUT2D eigenvalue weighted by atomic mass is 16.5. The summed E-state index contributed by atoms with van der Waals surface area (Å²) < 4.78 is 6.01. The minimum atomic E-state index is -0.397. The van der Waals surface area contributed by atoms with E-state index in [1.807, 2.05) is 65.6 Å². The van der Waals surface area contributed by atoms with Gasteiger partial charge in [0.1, 0.15) is 12.1 Å². The molecule has 0 aromatic heterocycles. The van der Waals surface area contributed by atoms with Crippen LogP contribution in [0.4, 0.5) is 0 Å². The molecule has 0 radical (unpaired) electrons. The highest BCUT2D eigenvalue weighted by Crippen LogP contribution is 2.32. The Kier molecular flexibility index (Phi) is 5.81. The van der Waals surface area contributed by atoms with Crippen molar-refractivity contribution < 1.29 is 14.6 Å². The average Bonchev–Trinajstić information content (AvgIpc) is 2.66. The highest BCUT2D eigenvalue weighted by Gasteiger charge is 2.52. The second-order valence-corrected chi connectivity index (χ2v) is 6.23. The first-order chi connectivity index (χ1) is 12.2. The van der Waals surface area contributed by atoms with E-state index in [1.165, 1.54) is 0 Å². The number of nitrogens with zero attached hydrogens (tertiary/aromatic N) is 1. The van der Waals surface area contributed by atoms with Gasteiger partial charge in [0, 0.05) is 13.6 Å². The van der Waals surface area contributed by atoms with Crippen molar-refractivity contribution in [2.45, 2.75) is 31.3 Å². The topological polar surface area (TPSA) is 61.8 Å². The lowest BCUT2D eigenvalue weighted by Gasteiger charge is -2.52. The van der Waals surface area contributed by atoms with Crippen LogP contribution in [0.15, 0.2) is 60.7 Å². The summed E-state index contributed by atoms with van der Waals surface area (Å²) in [6, 6.07) is 19.2. The van der Waals surface area contributed by atoms with Crippen LogP contribution in [0.2, 0.25) is 0 Å². The van der Waals surface area contributed by atoms with Gasteiger partial charge in [0.05, 0.1) is 19.3 Å². The molecule has 1 aliphatic heterocycles. The van der Waals surface area contributed by atoms with E-state index in [4.69, 9.17) is 4.74 Å². The molecule has 1 amide bonds. The summed E-state index contributed by atoms with van der Waals surface area (Å²) in [5.41, 5.74) is 2.16. The number of likely N-dealkylation sites (tertiary alicyclic amines) is 1. The third-order valence-electron chi connectivity index (χ3n) is 4.67. The molecule has 1 aliphatic rings. The first-order valence-corrected chi connectivity index (χ1v) is 8.52. The molecule has 1 fully saturated rings. The number of hydrogen-bond donors (Lipinski definition) is 2. The van der Waals surface area contributed by atoms with Gasteiger partial charge in [0.15, 0.2) is 0 Å². The van der Waals surface area contributed by atoms with Crippen molar-refractivity contribution in [2.24, 2.45) is 0 Å². The minimum Gasteiger partial charge on any atom is -0.395 e. The third kappa shape index (κ3) is 3.90. The quantitative estimate of drug-likeness (QED) is 0.803. The molecule has 3 atom stereocenters. The zero-order chi connectivity index (χ0) is 17.6. The largest absolute Gasteiger partial charge is 0.395 e. The van der Waals surface area contributed by atoms with E-state index in [2.05, 4.69) is 5.32 Å². The molecular weight excluding hydrogens is 316 g/mol. The Morgan fingerprint density at radius 3 is 2.24 bits per heavy atom. The molecule has 2 aromatic carbocycles. The smallest absolute Gasteiger partial charge is 0.239 e. The van der Waals surface area contributed by atoms with Gasteiger partial charge in [0.2, 0.25) is 5.91 Å². The fourth-order valence-electron chi connectivity index (χ4n) is 3.33. The van der Waals surface area contributed by atoms with Crippen LogP contribution in [-0.4, -0.2) is 47.8 Å². The number of ether oxygens (including phenoxy) is 1. The number of aliphatic hydroxyl groups excluding tert-OH is 1. The summed E-state index contributed by atoms with van der Waals surface area (Å²) in [7, 11) is 1.63. The number of rotatable bonds is 7. The van der Waals surface area contributed by atoms with Gasteiger partial charge in [-0.05, 0) is 11.1 Å². The van der Waals surface area contributed by atoms with Crippen molar-refractivity contribution in [1.82, 2.24) is 10.2 Å². The number of hydrogen-bond acceptors (Lipinski definition) is 4. The molecule has 0 bridgehead atoms. The maximum absolute atomic E-state index is 12.4. The van der Waals surface area contributed by atoms with Gasteiger partial charge in [-0.25, -0.2) is 0 Å². The standard InChI is InChI=1S/C20H24N2O3/c1-21-20(24)18-19(25-14-16-10-6-3-7-11-16)17(13-23)22(18)12-15-8-4-2-5-9-15/h2-11,17-19,23H,12-14H2,1H3,(H,21,24). The second kappa shape index (κ2) is 8.25. The highest BCUT2D eigenvalue weighted by molar-refractivity contribution is 5.83. The summed E-state index contributed by atoms with van der Waals surface area (Å²) in [5, 5.41) is 12.5. The van der Waals surface area contributed by atoms with Crippen LogP contribution in [0.5, 0.6) is 0 Å². The number of carbonyl (C=O) groups excluding carboxylic acids is 1. The van der Waals surface area contributed by atoms with E-state index in [1.54, 1.807) is 7.05 Å². The van der Waals surface area contributed by atoms with Gasteiger partial charge < -0.3 is 15.2 Å². The molecule has 5 nitrogen and oxygen atoms in total. The van der Waals surface area contributed by atoms with Gasteiger partial charge in [-0.3, -0.25) is 9.69 Å². The van der Waals surface area contributed by atoms with Crippen LogP contribution in [0.1, 0.15) is 11.1 Å². The molecule has 5 heteroatoms. The van der Waals surface area contributed by atoms with Crippen molar-refractivity contribution >= 4 is 5.91 Å². The molecular formula is C20H24N2O3. The second-order valence-electron chi connectivity index (χ2n) is 6.23. The van der Waals surface area contributed by atoms with Crippen LogP contribution < -0.4 is 5.32 Å². The maximum Gasteiger partial charge on any atom is 0.239 e. The average molecular weight is 340 g/mol. The summed E-state index contributed by atoms with van der Waals surface area (Å²) in [6.45, 7) is 0.990. The monoisotopic (exact) mass is 340 g/mol. The van der Waals surface area contributed by atoms with Crippen molar-refractivity contribution in [2.75, 3.05) is 13.7 Å². The molecule has 3 unspecified atom stereocenters. The SMILES string of the molecule is CNC(=O)C1C(OCc2ccccc2)C(CO)N1Cc1ccccc1. The molecule has 0 saturated carbocycles. The molecule has 1 saturated heterocycles. The lowest BCUT2D eigenvalue weighted by atomic mass is 9.87. The number of benzene rings is 2. The molecule has 2 N–H and O–H groups in total. The molecule has 132 valence electrons. The van der Waals surface area contributed by atoms with Crippen molar-refractivity contribution in [3.63, 3.8) is 0 Å². The van der Waals surface area contributed by atoms with Crippen LogP contribution in [-0.2, 0) is 22.7 Å². The lowest BCUT2D eigenvalue weighted by molar-refractivity contribution is -0.182. The molecule has 25 heavy (non-hydrogen) atoms.